The minimum atomic E-state index is -0.356. The Labute approximate surface area is 192 Å². The summed E-state index contributed by atoms with van der Waals surface area (Å²) in [4.78, 5) is 21.8. The van der Waals surface area contributed by atoms with Crippen LogP contribution in [0.15, 0.2) is 36.5 Å². The number of aryl methyl sites for hydroxylation is 2. The second-order valence-corrected chi connectivity index (χ2v) is 8.49. The number of ether oxygens (including phenoxy) is 1. The van der Waals surface area contributed by atoms with Crippen LogP contribution in [-0.2, 0) is 22.4 Å². The van der Waals surface area contributed by atoms with E-state index in [1.54, 1.807) is 12.1 Å². The minimum absolute atomic E-state index is 0.120. The maximum atomic E-state index is 11.1. The van der Waals surface area contributed by atoms with E-state index in [1.807, 2.05) is 12.1 Å². The average Bonchev–Trinajstić information content (AvgIpc) is 3.21. The first-order chi connectivity index (χ1) is 15.5. The van der Waals surface area contributed by atoms with Gasteiger partial charge in [0.1, 0.15) is 0 Å². The van der Waals surface area contributed by atoms with Crippen molar-refractivity contribution in [2.45, 2.75) is 90.4 Å². The van der Waals surface area contributed by atoms with Crippen molar-refractivity contribution in [2.75, 3.05) is 7.11 Å². The first kappa shape index (κ1) is 25.6. The summed E-state index contributed by atoms with van der Waals surface area (Å²) in [6, 6.07) is 9.14. The third-order valence-corrected chi connectivity index (χ3v) is 5.91. The third kappa shape index (κ3) is 8.85. The molecule has 176 valence electrons. The highest BCUT2D eigenvalue weighted by molar-refractivity contribution is 5.68. The van der Waals surface area contributed by atoms with E-state index in [0.717, 1.165) is 50.6 Å². The maximum absolute atomic E-state index is 11.1. The number of hydrogen-bond donors (Lipinski definition) is 0. The van der Waals surface area contributed by atoms with Crippen LogP contribution in [0.3, 0.4) is 0 Å². The Hall–Kier alpha value is -2.63. The number of carbonyl (C=O) groups is 1. The molecule has 0 fully saturated rings. The largest absolute Gasteiger partial charge is 0.469 e. The van der Waals surface area contributed by atoms with Gasteiger partial charge in [-0.3, -0.25) is 14.9 Å². The molecule has 0 radical (unpaired) electrons. The number of nitro groups is 1. The molecule has 0 aliphatic rings. The van der Waals surface area contributed by atoms with Crippen LogP contribution >= 0.6 is 0 Å². The van der Waals surface area contributed by atoms with Crippen molar-refractivity contribution >= 4 is 11.7 Å². The Morgan fingerprint density at radius 1 is 0.938 bits per heavy atom. The summed E-state index contributed by atoms with van der Waals surface area (Å²) >= 11 is 0. The first-order valence-corrected chi connectivity index (χ1v) is 12.1. The van der Waals surface area contributed by atoms with Gasteiger partial charge in [0, 0.05) is 36.1 Å². The molecule has 2 aromatic rings. The van der Waals surface area contributed by atoms with E-state index < -0.39 is 0 Å². The van der Waals surface area contributed by atoms with Crippen LogP contribution in [0.2, 0.25) is 0 Å². The summed E-state index contributed by atoms with van der Waals surface area (Å²) in [7, 11) is 1.44. The van der Waals surface area contributed by atoms with Crippen LogP contribution in [0, 0.1) is 10.1 Å². The number of esters is 1. The van der Waals surface area contributed by atoms with Gasteiger partial charge in [0.15, 0.2) is 0 Å². The van der Waals surface area contributed by atoms with Gasteiger partial charge >= 0.3 is 5.97 Å². The number of non-ortho nitro benzene ring substituents is 1. The normalized spacial score (nSPS) is 10.9. The van der Waals surface area contributed by atoms with E-state index in [1.165, 1.54) is 50.5 Å². The van der Waals surface area contributed by atoms with Crippen LogP contribution in [0.1, 0.15) is 88.8 Å². The van der Waals surface area contributed by atoms with Gasteiger partial charge in [-0.2, -0.15) is 0 Å². The van der Waals surface area contributed by atoms with Crippen LogP contribution in [0.4, 0.5) is 5.69 Å². The van der Waals surface area contributed by atoms with Crippen molar-refractivity contribution < 1.29 is 14.5 Å². The number of rotatable bonds is 16. The number of hydrogen-bond acceptors (Lipinski definition) is 4. The SMILES string of the molecule is CCCCCCc1cc(CCCCCCCCC(=O)OC)n(-c2ccc([N+](=O)[O-])cc2)c1. The number of methoxy groups -OCH3 is 1. The molecular formula is C26H38N2O4. The fourth-order valence-electron chi connectivity index (χ4n) is 4.01. The third-order valence-electron chi connectivity index (χ3n) is 5.91. The lowest BCUT2D eigenvalue weighted by Crippen LogP contribution is -2.00. The zero-order valence-electron chi connectivity index (χ0n) is 19.7. The van der Waals surface area contributed by atoms with E-state index in [2.05, 4.69) is 28.5 Å². The van der Waals surface area contributed by atoms with Crippen molar-refractivity contribution in [2.24, 2.45) is 0 Å². The summed E-state index contributed by atoms with van der Waals surface area (Å²) in [6.07, 6.45) is 16.3. The van der Waals surface area contributed by atoms with Gasteiger partial charge < -0.3 is 9.30 Å². The molecule has 0 atom stereocenters. The van der Waals surface area contributed by atoms with Crippen LogP contribution in [0.25, 0.3) is 5.69 Å². The van der Waals surface area contributed by atoms with Crippen molar-refractivity contribution in [1.82, 2.24) is 4.57 Å². The monoisotopic (exact) mass is 442 g/mol. The predicted molar refractivity (Wildman–Crippen MR) is 128 cm³/mol. The van der Waals surface area contributed by atoms with Gasteiger partial charge in [-0.15, -0.1) is 0 Å². The summed E-state index contributed by atoms with van der Waals surface area (Å²) in [5, 5.41) is 11.0. The number of nitro benzene ring substituents is 1. The van der Waals surface area contributed by atoms with E-state index in [-0.39, 0.29) is 16.6 Å². The molecule has 1 heterocycles. The van der Waals surface area contributed by atoms with Crippen LogP contribution < -0.4 is 0 Å². The van der Waals surface area contributed by atoms with E-state index in [4.69, 9.17) is 0 Å². The maximum Gasteiger partial charge on any atom is 0.305 e. The molecule has 6 heteroatoms. The quantitative estimate of drug-likeness (QED) is 0.122. The number of benzene rings is 1. The van der Waals surface area contributed by atoms with Crippen molar-refractivity contribution in [1.29, 1.82) is 0 Å². The Morgan fingerprint density at radius 2 is 1.56 bits per heavy atom. The highest BCUT2D eigenvalue weighted by Gasteiger charge is 2.10. The van der Waals surface area contributed by atoms with E-state index in [0.29, 0.717) is 6.42 Å². The zero-order valence-corrected chi connectivity index (χ0v) is 19.7. The Morgan fingerprint density at radius 3 is 2.22 bits per heavy atom. The Kier molecular flexibility index (Phi) is 11.6. The number of aromatic nitrogens is 1. The average molecular weight is 443 g/mol. The molecule has 0 unspecified atom stereocenters. The molecule has 32 heavy (non-hydrogen) atoms. The molecule has 0 bridgehead atoms. The van der Waals surface area contributed by atoms with Gasteiger partial charge in [0.2, 0.25) is 0 Å². The Bertz CT molecular complexity index is 827. The van der Waals surface area contributed by atoms with Gasteiger partial charge in [0.05, 0.1) is 12.0 Å². The molecule has 0 spiro atoms. The molecule has 0 aliphatic carbocycles. The number of nitrogens with zero attached hydrogens (tertiary/aromatic N) is 2. The lowest BCUT2D eigenvalue weighted by Gasteiger charge is -2.09. The second kappa shape index (κ2) is 14.4. The number of unbranched alkanes of at least 4 members (excludes halogenated alkanes) is 8. The molecule has 0 N–H and O–H groups in total. The summed E-state index contributed by atoms with van der Waals surface area (Å²) in [5.74, 6) is -0.123. The fraction of sp³-hybridized carbons (Fsp3) is 0.577. The minimum Gasteiger partial charge on any atom is -0.469 e. The van der Waals surface area contributed by atoms with Crippen molar-refractivity contribution in [3.05, 3.63) is 57.9 Å². The van der Waals surface area contributed by atoms with Crippen molar-refractivity contribution in [3.8, 4) is 5.69 Å². The lowest BCUT2D eigenvalue weighted by atomic mass is 10.1. The van der Waals surface area contributed by atoms with Gasteiger partial charge in [-0.05, 0) is 55.9 Å². The summed E-state index contributed by atoms with van der Waals surface area (Å²) in [6.45, 7) is 2.22. The molecule has 0 saturated carbocycles. The van der Waals surface area contributed by atoms with E-state index in [9.17, 15) is 14.9 Å². The summed E-state index contributed by atoms with van der Waals surface area (Å²) in [5.41, 5.74) is 3.72. The molecule has 1 aromatic heterocycles. The molecule has 0 amide bonds. The van der Waals surface area contributed by atoms with Crippen LogP contribution in [0.5, 0.6) is 0 Å². The molecule has 0 saturated heterocycles. The van der Waals surface area contributed by atoms with Crippen molar-refractivity contribution in [3.63, 3.8) is 0 Å². The van der Waals surface area contributed by atoms with Gasteiger partial charge in [0.25, 0.3) is 5.69 Å². The number of carbonyl (C=O) groups excluding carboxylic acids is 1. The predicted octanol–water partition coefficient (Wildman–Crippen LogP) is 6.95. The zero-order chi connectivity index (χ0) is 23.2. The summed E-state index contributed by atoms with van der Waals surface area (Å²) < 4.78 is 6.88. The smallest absolute Gasteiger partial charge is 0.305 e. The molecular weight excluding hydrogens is 404 g/mol. The Balaban J connectivity index is 1.91. The molecule has 0 aliphatic heterocycles. The standard InChI is InChI=1S/C26H38N2O4/c1-3-4-5-10-13-22-20-25(14-11-8-6-7-9-12-15-26(29)32-2)27(21-22)23-16-18-24(19-17-23)28(30)31/h16-21H,3-15H2,1-2H3. The highest BCUT2D eigenvalue weighted by atomic mass is 16.6. The first-order valence-electron chi connectivity index (χ1n) is 12.1. The lowest BCUT2D eigenvalue weighted by molar-refractivity contribution is -0.384. The second-order valence-electron chi connectivity index (χ2n) is 8.49. The topological polar surface area (TPSA) is 74.4 Å². The van der Waals surface area contributed by atoms with Crippen LogP contribution in [-0.4, -0.2) is 22.6 Å². The fourth-order valence-corrected chi connectivity index (χ4v) is 4.01. The molecule has 2 rings (SSSR count). The molecule has 1 aromatic carbocycles. The van der Waals surface area contributed by atoms with E-state index >= 15 is 0 Å². The highest BCUT2D eigenvalue weighted by Crippen LogP contribution is 2.22. The molecule has 6 nitrogen and oxygen atoms in total. The van der Waals surface area contributed by atoms with Gasteiger partial charge in [-0.1, -0.05) is 51.9 Å². The van der Waals surface area contributed by atoms with Gasteiger partial charge in [-0.25, -0.2) is 0 Å².